The number of ether oxygens (including phenoxy) is 3. The Hall–Kier alpha value is -12.9. The lowest BCUT2D eigenvalue weighted by molar-refractivity contribution is 0.161. The van der Waals surface area contributed by atoms with Crippen LogP contribution >= 0.6 is 23.2 Å². The first-order chi connectivity index (χ1) is 53.9. The maximum Gasteiger partial charge on any atom is 0.411 e. The third kappa shape index (κ3) is 19.5. The van der Waals surface area contributed by atoms with E-state index in [0.717, 1.165) is 158 Å². The van der Waals surface area contributed by atoms with Crippen molar-refractivity contribution in [2.45, 2.75) is 114 Å². The molecule has 0 fully saturated rings. The van der Waals surface area contributed by atoms with Gasteiger partial charge in [0.25, 0.3) is 0 Å². The fourth-order valence-electron chi connectivity index (χ4n) is 13.1. The number of aromatic nitrogens is 4. The Morgan fingerprint density at radius 2 is 0.703 bits per heavy atom. The number of anilines is 4. The summed E-state index contributed by atoms with van der Waals surface area (Å²) in [6.07, 6.45) is 3.95. The largest absolute Gasteiger partial charge is 0.497 e. The smallest absolute Gasteiger partial charge is 0.411 e. The normalized spacial score (nSPS) is 10.6. The number of carbonyl (C=O) groups excluding carboxylic acids is 4. The van der Waals surface area contributed by atoms with Crippen molar-refractivity contribution >= 4 is 114 Å². The zero-order valence-corrected chi connectivity index (χ0v) is 65.6. The molecule has 0 radical (unpaired) electrons. The number of urea groups is 3. The predicted molar refractivity (Wildman–Crippen MR) is 446 cm³/mol. The molecule has 570 valence electrons. The second-order valence-electron chi connectivity index (χ2n) is 25.5. The molecule has 0 saturated carbocycles. The number of benzene rings is 8. The highest BCUT2D eigenvalue weighted by molar-refractivity contribution is 6.32. The average molecular weight is 1530 g/mol. The van der Waals surface area contributed by atoms with Crippen LogP contribution in [0.5, 0.6) is 11.5 Å². The van der Waals surface area contributed by atoms with E-state index in [1.165, 1.54) is 0 Å². The van der Waals surface area contributed by atoms with Gasteiger partial charge in [0.2, 0.25) is 0 Å². The SMILES string of the molecule is CCCNC(=O)Nc1ccc(-c2c(C#N)c3cc(Cl)ccc3n2CC)cc1.CCCNC(=O)Nc1ccc(-c2c(C#N)c3cc(Cl)ccc3n2CC)cc1.CCCOC(=O)Nc1ccc(-c2c(C#N)c3ccc(OC)cc3n2CCC)cc1.CCCn1c(-c2ccc(NC(=O)NCC)cc2)c(C#N)c2ccc(OC)cc21. The first-order valence-electron chi connectivity index (χ1n) is 37.1. The van der Waals surface area contributed by atoms with E-state index in [1.807, 2.05) is 211 Å². The van der Waals surface area contributed by atoms with Crippen LogP contribution in [0, 0.1) is 45.3 Å². The standard InChI is InChI=1S/C23H25N3O3.C22H24N4O2.2C21H21ClN4O/c1-4-12-26-21-14-18(28-3)10-11-19(21)20(15-24)22(26)16-6-8-17(9-7-16)25-23(27)29-13-5-2;1-4-12-26-20-13-17(28-3)10-11-18(20)19(14-23)21(26)15-6-8-16(9-7-15)25-22(27)24-5-2;2*1-3-11-24-21(27)25-16-8-5-14(6-9-16)20-18(13-23)17-12-15(22)7-10-19(17)26(20)4-2/h6-11,14H,4-5,12-13H2,1-3H3,(H,25,27);6-11,13H,4-5,12H2,1-3H3,(H2,24,25,27);2*5-10,12H,3-4,11H2,1-2H3,(H2,24,25,27). The van der Waals surface area contributed by atoms with Gasteiger partial charge in [-0.05, 0) is 184 Å². The van der Waals surface area contributed by atoms with Gasteiger partial charge in [0.1, 0.15) is 35.8 Å². The summed E-state index contributed by atoms with van der Waals surface area (Å²) >= 11 is 12.3. The van der Waals surface area contributed by atoms with Crippen molar-refractivity contribution in [1.29, 1.82) is 21.0 Å². The highest BCUT2D eigenvalue weighted by Gasteiger charge is 2.24. The van der Waals surface area contributed by atoms with Crippen molar-refractivity contribution < 1.29 is 33.4 Å². The molecule has 0 aliphatic rings. The molecule has 0 bridgehead atoms. The van der Waals surface area contributed by atoms with Crippen LogP contribution in [0.4, 0.5) is 41.9 Å². The molecule has 7 amide bonds. The van der Waals surface area contributed by atoms with E-state index in [4.69, 9.17) is 37.4 Å². The van der Waals surface area contributed by atoms with E-state index >= 15 is 0 Å². The highest BCUT2D eigenvalue weighted by Crippen LogP contribution is 2.41. The summed E-state index contributed by atoms with van der Waals surface area (Å²) in [6.45, 7) is 21.4. The van der Waals surface area contributed by atoms with E-state index < -0.39 is 6.09 Å². The molecule has 4 aromatic heterocycles. The number of hydrogen-bond acceptors (Lipinski definition) is 11. The van der Waals surface area contributed by atoms with Crippen LogP contribution in [0.3, 0.4) is 0 Å². The molecule has 0 atom stereocenters. The monoisotopic (exact) mass is 1530 g/mol. The molecule has 12 rings (SSSR count). The van der Waals surface area contributed by atoms with Gasteiger partial charge in [-0.15, -0.1) is 0 Å². The van der Waals surface area contributed by atoms with Gasteiger partial charge in [-0.3, -0.25) is 5.32 Å². The summed E-state index contributed by atoms with van der Waals surface area (Å²) in [5.41, 5.74) is 16.3. The molecule has 24 heteroatoms. The summed E-state index contributed by atoms with van der Waals surface area (Å²) in [7, 11) is 3.28. The van der Waals surface area contributed by atoms with Gasteiger partial charge in [0, 0.05) is 123 Å². The number of nitrogens with zero attached hydrogens (tertiary/aromatic N) is 8. The molecule has 4 heterocycles. The fourth-order valence-corrected chi connectivity index (χ4v) is 13.5. The lowest BCUT2D eigenvalue weighted by Crippen LogP contribution is -2.29. The topological polar surface area (TPSA) is 295 Å². The number of nitriles is 4. The molecule has 12 aromatic rings. The molecule has 0 spiro atoms. The van der Waals surface area contributed by atoms with Crippen molar-refractivity contribution in [3.63, 3.8) is 0 Å². The van der Waals surface area contributed by atoms with Crippen LogP contribution in [-0.2, 0) is 30.9 Å². The minimum absolute atomic E-state index is 0.223. The van der Waals surface area contributed by atoms with Gasteiger partial charge >= 0.3 is 24.2 Å². The highest BCUT2D eigenvalue weighted by atomic mass is 35.5. The fraction of sp³-hybridized carbons (Fsp3) is 0.264. The summed E-state index contributed by atoms with van der Waals surface area (Å²) in [4.78, 5) is 47.0. The number of fused-ring (bicyclic) bond motifs is 4. The zero-order valence-electron chi connectivity index (χ0n) is 64.0. The maximum absolute atomic E-state index is 11.8. The number of carbonyl (C=O) groups is 4. The van der Waals surface area contributed by atoms with Crippen LogP contribution in [0.15, 0.2) is 170 Å². The van der Waals surface area contributed by atoms with Gasteiger partial charge in [-0.25, -0.2) is 19.2 Å². The number of hydrogen-bond donors (Lipinski definition) is 7. The van der Waals surface area contributed by atoms with E-state index in [9.17, 15) is 40.2 Å². The first-order valence-corrected chi connectivity index (χ1v) is 37.8. The predicted octanol–water partition coefficient (Wildman–Crippen LogP) is 21.1. The number of aryl methyl sites for hydroxylation is 4. The Bertz CT molecular complexity index is 5290. The molecule has 0 aliphatic heterocycles. The van der Waals surface area contributed by atoms with E-state index in [2.05, 4.69) is 93.6 Å². The van der Waals surface area contributed by atoms with E-state index in [1.54, 1.807) is 14.2 Å². The molecule has 111 heavy (non-hydrogen) atoms. The van der Waals surface area contributed by atoms with Crippen molar-refractivity contribution in [1.82, 2.24) is 34.2 Å². The van der Waals surface area contributed by atoms with Crippen molar-refractivity contribution in [2.24, 2.45) is 0 Å². The van der Waals surface area contributed by atoms with E-state index in [0.29, 0.717) is 81.3 Å². The summed E-state index contributed by atoms with van der Waals surface area (Å²) in [5.74, 6) is 1.52. The molecule has 7 N–H and O–H groups in total. The van der Waals surface area contributed by atoms with Crippen molar-refractivity contribution in [3.05, 3.63) is 202 Å². The molecular formula is C87H91Cl2N15O7. The second kappa shape index (κ2) is 39.8. The Kier molecular flexibility index (Phi) is 29.5. The Balaban J connectivity index is 0.000000170. The molecular weight excluding hydrogens is 1440 g/mol. The van der Waals surface area contributed by atoms with Crippen molar-refractivity contribution in [3.8, 4) is 80.8 Å². The van der Waals surface area contributed by atoms with Crippen LogP contribution in [0.2, 0.25) is 10.0 Å². The van der Waals surface area contributed by atoms with Crippen LogP contribution in [0.1, 0.15) is 110 Å². The lowest BCUT2D eigenvalue weighted by atomic mass is 10.1. The molecule has 22 nitrogen and oxygen atoms in total. The maximum atomic E-state index is 11.8. The van der Waals surface area contributed by atoms with Gasteiger partial charge in [0.05, 0.1) is 76.9 Å². The first kappa shape index (κ1) is 82.2. The summed E-state index contributed by atoms with van der Waals surface area (Å²) in [5, 5.41) is 63.4. The summed E-state index contributed by atoms with van der Waals surface area (Å²) < 4.78 is 24.4. The third-order valence-electron chi connectivity index (χ3n) is 18.1. The number of halogens is 2. The third-order valence-corrected chi connectivity index (χ3v) is 18.5. The summed E-state index contributed by atoms with van der Waals surface area (Å²) in [6, 6.07) is 61.5. The minimum atomic E-state index is -0.468. The van der Waals surface area contributed by atoms with Crippen molar-refractivity contribution in [2.75, 3.05) is 61.7 Å². The Labute approximate surface area is 657 Å². The quantitative estimate of drug-likeness (QED) is 0.0316. The minimum Gasteiger partial charge on any atom is -0.497 e. The number of methoxy groups -OCH3 is 2. The molecule has 0 saturated heterocycles. The van der Waals surface area contributed by atoms with Crippen LogP contribution in [-0.4, -0.2) is 82.9 Å². The molecule has 0 unspecified atom stereocenters. The average Bonchev–Trinajstić information content (AvgIpc) is 1.63. The van der Waals surface area contributed by atoms with Gasteiger partial charge in [-0.1, -0.05) is 106 Å². The Morgan fingerprint density at radius 3 is 1.01 bits per heavy atom. The van der Waals surface area contributed by atoms with E-state index in [-0.39, 0.29) is 18.1 Å². The van der Waals surface area contributed by atoms with Gasteiger partial charge in [-0.2, -0.15) is 21.0 Å². The molecule has 0 aliphatic carbocycles. The van der Waals surface area contributed by atoms with Crippen LogP contribution < -0.4 is 46.7 Å². The van der Waals surface area contributed by atoms with Gasteiger partial charge in [0.15, 0.2) is 0 Å². The zero-order chi connectivity index (χ0) is 79.7. The number of rotatable bonds is 23. The number of amides is 7. The van der Waals surface area contributed by atoms with Gasteiger partial charge < -0.3 is 64.4 Å². The Morgan fingerprint density at radius 1 is 0.369 bits per heavy atom. The number of nitrogens with one attached hydrogen (secondary N) is 7. The molecule has 8 aromatic carbocycles. The second-order valence-corrected chi connectivity index (χ2v) is 26.4. The lowest BCUT2D eigenvalue weighted by Gasteiger charge is -2.12. The van der Waals surface area contributed by atoms with Crippen LogP contribution in [0.25, 0.3) is 88.6 Å².